The summed E-state index contributed by atoms with van der Waals surface area (Å²) in [6.45, 7) is 11.0. The molecule has 0 aliphatic rings. The molecule has 0 aliphatic carbocycles. The summed E-state index contributed by atoms with van der Waals surface area (Å²) in [7, 11) is 0. The van der Waals surface area contributed by atoms with Crippen LogP contribution < -0.4 is 15.3 Å². The molecule has 30 heavy (non-hydrogen) atoms. The zero-order valence-corrected chi connectivity index (χ0v) is 18.2. The van der Waals surface area contributed by atoms with Crippen LogP contribution in [0.5, 0.6) is 5.75 Å². The third-order valence-electron chi connectivity index (χ3n) is 4.53. The summed E-state index contributed by atoms with van der Waals surface area (Å²) < 4.78 is 5.52. The fourth-order valence-corrected chi connectivity index (χ4v) is 3.50. The van der Waals surface area contributed by atoms with Crippen LogP contribution in [0.4, 0.5) is 0 Å². The van der Waals surface area contributed by atoms with E-state index in [2.05, 4.69) is 45.1 Å². The molecule has 0 saturated heterocycles. The molecule has 2 rings (SSSR count). The monoisotopic (exact) mass is 409 g/mol. The summed E-state index contributed by atoms with van der Waals surface area (Å²) in [6, 6.07) is 13.8. The minimum Gasteiger partial charge on any atom is -0.545 e. The van der Waals surface area contributed by atoms with Gasteiger partial charge in [-0.25, -0.2) is 5.43 Å². The van der Waals surface area contributed by atoms with E-state index in [4.69, 9.17) is 4.74 Å². The Bertz CT molecular complexity index is 892. The number of rotatable bonds is 8. The van der Waals surface area contributed by atoms with Crippen molar-refractivity contribution in [2.24, 2.45) is 10.5 Å². The average Bonchev–Trinajstić information content (AvgIpc) is 2.65. The van der Waals surface area contributed by atoms with Crippen LogP contribution in [-0.2, 0) is 10.2 Å². The van der Waals surface area contributed by atoms with Crippen molar-refractivity contribution in [3.8, 4) is 5.75 Å². The van der Waals surface area contributed by atoms with Crippen molar-refractivity contribution >= 4 is 18.1 Å². The number of hydrazone groups is 1. The van der Waals surface area contributed by atoms with Gasteiger partial charge in [-0.1, -0.05) is 71.0 Å². The molecule has 1 N–H and O–H groups in total. The highest BCUT2D eigenvalue weighted by molar-refractivity contribution is 5.88. The van der Waals surface area contributed by atoms with Crippen LogP contribution in [0.1, 0.15) is 62.5 Å². The first-order chi connectivity index (χ1) is 14.0. The normalized spacial score (nSPS) is 12.0. The van der Waals surface area contributed by atoms with E-state index in [0.717, 1.165) is 6.42 Å². The van der Waals surface area contributed by atoms with Crippen molar-refractivity contribution in [2.45, 2.75) is 46.5 Å². The molecular formula is C24H29N2O4-. The fraction of sp³-hybridized carbons (Fsp3) is 0.375. The standard InChI is InChI=1S/C24H30N2O4/c1-23(2,3)16-24(4,5)19-10-12-20(13-11-19)30-15-21(27)26-25-14-17-6-8-18(9-7-17)22(28)29/h6-14H,15-16H2,1-5H3,(H,26,27)(H,28,29)/p-1. The molecule has 0 saturated carbocycles. The SMILES string of the molecule is CC(C)(C)CC(C)(C)c1ccc(OCC(=O)NN=Cc2ccc(C(=O)[O-])cc2)cc1. The molecular weight excluding hydrogens is 380 g/mol. The topological polar surface area (TPSA) is 90.8 Å². The lowest BCUT2D eigenvalue weighted by Gasteiger charge is -2.33. The van der Waals surface area contributed by atoms with Crippen LogP contribution in [0.25, 0.3) is 0 Å². The lowest BCUT2D eigenvalue weighted by Crippen LogP contribution is -2.25. The molecule has 6 nitrogen and oxygen atoms in total. The maximum absolute atomic E-state index is 11.9. The number of aromatic carboxylic acids is 1. The molecule has 2 aromatic carbocycles. The molecule has 0 bridgehead atoms. The van der Waals surface area contributed by atoms with Crippen molar-refractivity contribution in [2.75, 3.05) is 6.61 Å². The Morgan fingerprint density at radius 1 is 1.00 bits per heavy atom. The van der Waals surface area contributed by atoms with Crippen LogP contribution in [0, 0.1) is 5.41 Å². The van der Waals surface area contributed by atoms with E-state index in [1.54, 1.807) is 12.1 Å². The number of nitrogens with one attached hydrogen (secondary N) is 1. The number of carboxylic acids is 1. The van der Waals surface area contributed by atoms with Crippen LogP contribution in [-0.4, -0.2) is 24.7 Å². The molecule has 1 amide bonds. The molecule has 2 aromatic rings. The summed E-state index contributed by atoms with van der Waals surface area (Å²) in [6.07, 6.45) is 2.47. The van der Waals surface area contributed by atoms with Gasteiger partial charge in [0.15, 0.2) is 6.61 Å². The Hall–Kier alpha value is -3.15. The predicted octanol–water partition coefficient (Wildman–Crippen LogP) is 3.29. The molecule has 0 radical (unpaired) electrons. The highest BCUT2D eigenvalue weighted by Gasteiger charge is 2.27. The van der Waals surface area contributed by atoms with Gasteiger partial charge in [0, 0.05) is 0 Å². The van der Waals surface area contributed by atoms with Gasteiger partial charge in [0.25, 0.3) is 5.91 Å². The highest BCUT2D eigenvalue weighted by atomic mass is 16.5. The average molecular weight is 410 g/mol. The van der Waals surface area contributed by atoms with Crippen LogP contribution in [0.15, 0.2) is 53.6 Å². The summed E-state index contributed by atoms with van der Waals surface area (Å²) in [4.78, 5) is 22.6. The van der Waals surface area contributed by atoms with Crippen molar-refractivity contribution in [3.63, 3.8) is 0 Å². The van der Waals surface area contributed by atoms with Gasteiger partial charge in [0.2, 0.25) is 0 Å². The number of carbonyl (C=O) groups is 2. The fourth-order valence-electron chi connectivity index (χ4n) is 3.50. The molecule has 0 spiro atoms. The van der Waals surface area contributed by atoms with Crippen molar-refractivity contribution < 1.29 is 19.4 Å². The van der Waals surface area contributed by atoms with Crippen molar-refractivity contribution in [1.29, 1.82) is 0 Å². The van der Waals surface area contributed by atoms with Crippen LogP contribution in [0.2, 0.25) is 0 Å². The quantitative estimate of drug-likeness (QED) is 0.535. The summed E-state index contributed by atoms with van der Waals surface area (Å²) >= 11 is 0. The molecule has 0 unspecified atom stereocenters. The minimum atomic E-state index is -1.24. The van der Waals surface area contributed by atoms with Gasteiger partial charge in [-0.05, 0) is 46.1 Å². The van der Waals surface area contributed by atoms with Crippen molar-refractivity contribution in [3.05, 3.63) is 65.2 Å². The third kappa shape index (κ3) is 7.35. The van der Waals surface area contributed by atoms with E-state index in [1.807, 2.05) is 24.3 Å². The van der Waals surface area contributed by atoms with Gasteiger partial charge in [-0.15, -0.1) is 0 Å². The van der Waals surface area contributed by atoms with Crippen LogP contribution >= 0.6 is 0 Å². The Morgan fingerprint density at radius 3 is 2.13 bits per heavy atom. The highest BCUT2D eigenvalue weighted by Crippen LogP contribution is 2.36. The number of benzene rings is 2. The van der Waals surface area contributed by atoms with E-state index in [9.17, 15) is 14.7 Å². The molecule has 6 heteroatoms. The first-order valence-corrected chi connectivity index (χ1v) is 9.83. The smallest absolute Gasteiger partial charge is 0.277 e. The Kier molecular flexibility index (Phi) is 7.38. The number of carboxylic acid groups (broad SMARTS) is 1. The lowest BCUT2D eigenvalue weighted by molar-refractivity contribution is -0.255. The zero-order valence-electron chi connectivity index (χ0n) is 18.2. The predicted molar refractivity (Wildman–Crippen MR) is 116 cm³/mol. The number of carbonyl (C=O) groups excluding carboxylic acids is 2. The third-order valence-corrected chi connectivity index (χ3v) is 4.53. The van der Waals surface area contributed by atoms with Gasteiger partial charge in [0.1, 0.15) is 5.75 Å². The van der Waals surface area contributed by atoms with Crippen LogP contribution in [0.3, 0.4) is 0 Å². The lowest BCUT2D eigenvalue weighted by atomic mass is 9.72. The number of hydrogen-bond acceptors (Lipinski definition) is 5. The summed E-state index contributed by atoms with van der Waals surface area (Å²) in [5.74, 6) is -1.02. The molecule has 0 atom stereocenters. The maximum atomic E-state index is 11.9. The number of ether oxygens (including phenoxy) is 1. The second-order valence-electron chi connectivity index (χ2n) is 9.14. The zero-order chi connectivity index (χ0) is 22.4. The van der Waals surface area contributed by atoms with E-state index < -0.39 is 11.9 Å². The number of nitrogens with zero attached hydrogens (tertiary/aromatic N) is 1. The minimum absolute atomic E-state index is 0.0437. The van der Waals surface area contributed by atoms with Gasteiger partial charge >= 0.3 is 0 Å². The van der Waals surface area contributed by atoms with Gasteiger partial charge < -0.3 is 14.6 Å². The largest absolute Gasteiger partial charge is 0.545 e. The molecule has 160 valence electrons. The molecule has 0 aliphatic heterocycles. The Morgan fingerprint density at radius 2 is 1.60 bits per heavy atom. The molecule has 0 fully saturated rings. The number of hydrogen-bond donors (Lipinski definition) is 1. The van der Waals surface area contributed by atoms with E-state index in [-0.39, 0.29) is 23.0 Å². The Balaban J connectivity index is 1.83. The molecule has 0 heterocycles. The summed E-state index contributed by atoms with van der Waals surface area (Å²) in [5, 5.41) is 14.6. The van der Waals surface area contributed by atoms with Gasteiger partial charge in [-0.3, -0.25) is 4.79 Å². The first-order valence-electron chi connectivity index (χ1n) is 9.83. The van der Waals surface area contributed by atoms with E-state index in [0.29, 0.717) is 11.3 Å². The molecule has 0 aromatic heterocycles. The number of amides is 1. The van der Waals surface area contributed by atoms with Crippen molar-refractivity contribution in [1.82, 2.24) is 5.43 Å². The van der Waals surface area contributed by atoms with E-state index >= 15 is 0 Å². The van der Waals surface area contributed by atoms with Gasteiger partial charge in [0.05, 0.1) is 12.2 Å². The second-order valence-corrected chi connectivity index (χ2v) is 9.14. The van der Waals surface area contributed by atoms with Gasteiger partial charge in [-0.2, -0.15) is 5.10 Å². The summed E-state index contributed by atoms with van der Waals surface area (Å²) in [5.41, 5.74) is 4.60. The first kappa shape index (κ1) is 23.1. The Labute approximate surface area is 178 Å². The second kappa shape index (κ2) is 9.57. The maximum Gasteiger partial charge on any atom is 0.277 e. The van der Waals surface area contributed by atoms with E-state index in [1.165, 1.54) is 23.9 Å².